The molecule has 0 fully saturated rings. The van der Waals surface area contributed by atoms with E-state index in [-0.39, 0.29) is 16.6 Å². The minimum atomic E-state index is -0.723. The summed E-state index contributed by atoms with van der Waals surface area (Å²) < 4.78 is 11.9. The van der Waals surface area contributed by atoms with Crippen LogP contribution in [0.1, 0.15) is 16.2 Å². The molecule has 0 atom stereocenters. The molecule has 3 rings (SSSR count). The van der Waals surface area contributed by atoms with E-state index in [4.69, 9.17) is 9.15 Å². The van der Waals surface area contributed by atoms with Crippen molar-refractivity contribution < 1.29 is 13.9 Å². The molecule has 124 valence electrons. The van der Waals surface area contributed by atoms with E-state index < -0.39 is 11.5 Å². The molecule has 0 spiro atoms. The van der Waals surface area contributed by atoms with Gasteiger partial charge in [-0.15, -0.1) is 10.2 Å². The van der Waals surface area contributed by atoms with Crippen LogP contribution in [0.15, 0.2) is 27.5 Å². The molecule has 0 aliphatic rings. The first kappa shape index (κ1) is 16.6. The molecule has 3 aromatic heterocycles. The maximum atomic E-state index is 12.2. The molecule has 3 heterocycles. The van der Waals surface area contributed by atoms with Crippen molar-refractivity contribution in [1.82, 2.24) is 20.0 Å². The van der Waals surface area contributed by atoms with Crippen LogP contribution in [-0.4, -0.2) is 33.0 Å². The predicted octanol–water partition coefficient (Wildman–Crippen LogP) is 1.85. The van der Waals surface area contributed by atoms with Crippen molar-refractivity contribution >= 4 is 45.0 Å². The number of hydrogen-bond donors (Lipinski definition) is 1. The first-order valence-electron chi connectivity index (χ1n) is 6.53. The minimum absolute atomic E-state index is 0.0551. The average Bonchev–Trinajstić information content (AvgIpc) is 3.15. The number of amides is 1. The van der Waals surface area contributed by atoms with Crippen molar-refractivity contribution in [2.45, 2.75) is 6.92 Å². The fourth-order valence-electron chi connectivity index (χ4n) is 1.83. The Morgan fingerprint density at radius 2 is 2.25 bits per heavy atom. The number of nitrogens with zero attached hydrogens (tertiary/aromatic N) is 4. The topological polar surface area (TPSA) is 112 Å². The SMILES string of the molecule is COc1c(I)cc(C(=O)Nc2nnc(-n3nccc3C)s2)oc1=O. The second-order valence-electron chi connectivity index (χ2n) is 4.51. The Bertz CT molecular complexity index is 963. The molecule has 1 N–H and O–H groups in total. The van der Waals surface area contributed by atoms with Crippen LogP contribution in [-0.2, 0) is 0 Å². The smallest absolute Gasteiger partial charge is 0.380 e. The second-order valence-corrected chi connectivity index (χ2v) is 6.63. The quantitative estimate of drug-likeness (QED) is 0.593. The average molecular weight is 459 g/mol. The lowest BCUT2D eigenvalue weighted by Crippen LogP contribution is -2.16. The maximum Gasteiger partial charge on any atom is 0.380 e. The highest BCUT2D eigenvalue weighted by atomic mass is 127. The second kappa shape index (κ2) is 6.68. The van der Waals surface area contributed by atoms with E-state index in [0.29, 0.717) is 8.70 Å². The lowest BCUT2D eigenvalue weighted by Gasteiger charge is -2.03. The molecule has 0 bridgehead atoms. The Morgan fingerprint density at radius 1 is 1.46 bits per heavy atom. The number of carbonyl (C=O) groups excluding carboxylic acids is 1. The molecule has 0 saturated heterocycles. The molecule has 11 heteroatoms. The van der Waals surface area contributed by atoms with Gasteiger partial charge in [-0.3, -0.25) is 10.1 Å². The number of nitrogens with one attached hydrogen (secondary N) is 1. The van der Waals surface area contributed by atoms with Crippen LogP contribution < -0.4 is 15.7 Å². The van der Waals surface area contributed by atoms with Crippen molar-refractivity contribution in [3.8, 4) is 10.9 Å². The highest BCUT2D eigenvalue weighted by molar-refractivity contribution is 14.1. The monoisotopic (exact) mass is 459 g/mol. The molecule has 0 unspecified atom stereocenters. The number of rotatable bonds is 4. The van der Waals surface area contributed by atoms with Crippen molar-refractivity contribution in [3.05, 3.63) is 43.8 Å². The number of methoxy groups -OCH3 is 1. The van der Waals surface area contributed by atoms with Gasteiger partial charge in [0.2, 0.25) is 16.0 Å². The predicted molar refractivity (Wildman–Crippen MR) is 94.0 cm³/mol. The zero-order valence-corrected chi connectivity index (χ0v) is 15.4. The molecule has 1 amide bonds. The van der Waals surface area contributed by atoms with E-state index in [2.05, 4.69) is 20.6 Å². The molecular formula is C13H10IN5O4S. The Hall–Kier alpha value is -2.28. The molecule has 0 aliphatic carbocycles. The Labute approximate surface area is 152 Å². The van der Waals surface area contributed by atoms with Crippen molar-refractivity contribution in [3.63, 3.8) is 0 Å². The van der Waals surface area contributed by atoms with Gasteiger partial charge in [0.1, 0.15) is 0 Å². The van der Waals surface area contributed by atoms with Crippen molar-refractivity contribution in [1.29, 1.82) is 0 Å². The molecule has 9 nitrogen and oxygen atoms in total. The lowest BCUT2D eigenvalue weighted by molar-refractivity contribution is 0.0991. The summed E-state index contributed by atoms with van der Waals surface area (Å²) in [5.74, 6) is -0.690. The van der Waals surface area contributed by atoms with Gasteiger partial charge in [-0.25, -0.2) is 9.48 Å². The molecule has 3 aromatic rings. The zero-order valence-electron chi connectivity index (χ0n) is 12.4. The van der Waals surface area contributed by atoms with Crippen LogP contribution in [0.5, 0.6) is 5.75 Å². The van der Waals surface area contributed by atoms with Crippen LogP contribution in [0.3, 0.4) is 0 Å². The summed E-state index contributed by atoms with van der Waals surface area (Å²) in [5, 5.41) is 15.3. The maximum absolute atomic E-state index is 12.2. The van der Waals surface area contributed by atoms with Gasteiger partial charge >= 0.3 is 5.63 Å². The summed E-state index contributed by atoms with van der Waals surface area (Å²) in [6, 6.07) is 3.24. The third-order valence-corrected chi connectivity index (χ3v) is 4.55. The lowest BCUT2D eigenvalue weighted by atomic mass is 10.3. The summed E-state index contributed by atoms with van der Waals surface area (Å²) >= 11 is 3.03. The van der Waals surface area contributed by atoms with Gasteiger partial charge in [0.25, 0.3) is 5.91 Å². The van der Waals surface area contributed by atoms with Crippen LogP contribution >= 0.6 is 33.9 Å². The van der Waals surface area contributed by atoms with Crippen molar-refractivity contribution in [2.24, 2.45) is 0 Å². The zero-order chi connectivity index (χ0) is 17.3. The fourth-order valence-corrected chi connectivity index (χ4v) is 3.31. The van der Waals surface area contributed by atoms with E-state index in [0.717, 1.165) is 17.0 Å². The fraction of sp³-hybridized carbons (Fsp3) is 0.154. The summed E-state index contributed by atoms with van der Waals surface area (Å²) in [7, 11) is 1.36. The largest absolute Gasteiger partial charge is 0.489 e. The Balaban J connectivity index is 1.82. The summed E-state index contributed by atoms with van der Waals surface area (Å²) in [6.07, 6.45) is 1.64. The standard InChI is InChI=1S/C13H10IN5O4S/c1-6-3-4-15-19(6)13-18-17-12(24-13)16-10(20)8-5-7(14)9(22-2)11(21)23-8/h3-5H,1-2H3,(H,16,17,20). The summed E-state index contributed by atoms with van der Waals surface area (Å²) in [4.78, 5) is 23.9. The molecule has 0 aromatic carbocycles. The third-order valence-electron chi connectivity index (χ3n) is 2.94. The third kappa shape index (κ3) is 3.17. The van der Waals surface area contributed by atoms with Gasteiger partial charge in [0.15, 0.2) is 5.76 Å². The number of aryl methyl sites for hydroxylation is 1. The van der Waals surface area contributed by atoms with E-state index in [1.807, 2.05) is 35.6 Å². The van der Waals surface area contributed by atoms with E-state index in [1.54, 1.807) is 10.9 Å². The number of anilines is 1. The van der Waals surface area contributed by atoms with Crippen LogP contribution in [0.25, 0.3) is 5.13 Å². The van der Waals surface area contributed by atoms with Gasteiger partial charge < -0.3 is 9.15 Å². The summed E-state index contributed by atoms with van der Waals surface area (Å²) in [6.45, 7) is 1.88. The molecular weight excluding hydrogens is 449 g/mol. The van der Waals surface area contributed by atoms with E-state index >= 15 is 0 Å². The highest BCUT2D eigenvalue weighted by Gasteiger charge is 2.18. The van der Waals surface area contributed by atoms with Crippen LogP contribution in [0.2, 0.25) is 0 Å². The highest BCUT2D eigenvalue weighted by Crippen LogP contribution is 2.21. The first-order valence-corrected chi connectivity index (χ1v) is 8.42. The Kier molecular flexibility index (Phi) is 4.62. The molecule has 0 saturated carbocycles. The number of carbonyl (C=O) groups is 1. The number of hydrogen-bond acceptors (Lipinski definition) is 8. The normalized spacial score (nSPS) is 10.6. The van der Waals surface area contributed by atoms with E-state index in [9.17, 15) is 9.59 Å². The van der Waals surface area contributed by atoms with Gasteiger partial charge in [-0.05, 0) is 35.6 Å². The van der Waals surface area contributed by atoms with E-state index in [1.165, 1.54) is 13.2 Å². The number of aromatic nitrogens is 4. The van der Waals surface area contributed by atoms with Crippen LogP contribution in [0.4, 0.5) is 5.13 Å². The minimum Gasteiger partial charge on any atom is -0.489 e. The van der Waals surface area contributed by atoms with Gasteiger partial charge in [0, 0.05) is 18.0 Å². The Morgan fingerprint density at radius 3 is 2.88 bits per heavy atom. The van der Waals surface area contributed by atoms with Crippen molar-refractivity contribution in [2.75, 3.05) is 12.4 Å². The van der Waals surface area contributed by atoms with Gasteiger partial charge in [-0.2, -0.15) is 5.10 Å². The molecule has 24 heavy (non-hydrogen) atoms. The molecule has 0 aliphatic heterocycles. The van der Waals surface area contributed by atoms with Gasteiger partial charge in [0.05, 0.1) is 10.7 Å². The number of ether oxygens (including phenoxy) is 1. The van der Waals surface area contributed by atoms with Gasteiger partial charge in [-0.1, -0.05) is 11.3 Å². The first-order chi connectivity index (χ1) is 11.5. The number of halogens is 1. The summed E-state index contributed by atoms with van der Waals surface area (Å²) in [5.41, 5.74) is 0.166. The molecule has 0 radical (unpaired) electrons. The van der Waals surface area contributed by atoms with Crippen LogP contribution in [0, 0.1) is 10.5 Å².